The van der Waals surface area contributed by atoms with Crippen LogP contribution in [0.4, 0.5) is 0 Å². The Balaban J connectivity index is 1.43. The Morgan fingerprint density at radius 3 is 2.61 bits per heavy atom. The first kappa shape index (κ1) is 21.6. The molecule has 0 radical (unpaired) electrons. The third kappa shape index (κ3) is 4.83. The smallest absolute Gasteiger partial charge is 0.336 e. The van der Waals surface area contributed by atoms with Crippen LogP contribution in [0.1, 0.15) is 46.8 Å². The summed E-state index contributed by atoms with van der Waals surface area (Å²) in [6, 6.07) is 13.1. The largest absolute Gasteiger partial charge is 0.423 e. The van der Waals surface area contributed by atoms with Gasteiger partial charge in [0.25, 0.3) is 5.91 Å². The molecule has 1 N–H and O–H groups in total. The molecule has 0 spiro atoms. The number of carbonyl (C=O) groups excluding carboxylic acids is 1. The van der Waals surface area contributed by atoms with Crippen molar-refractivity contribution < 1.29 is 9.21 Å². The van der Waals surface area contributed by atoms with E-state index in [1.165, 1.54) is 0 Å². The molecule has 0 aliphatic carbocycles. The summed E-state index contributed by atoms with van der Waals surface area (Å²) in [5.41, 5.74) is 3.86. The van der Waals surface area contributed by atoms with Gasteiger partial charge in [0, 0.05) is 47.7 Å². The molecule has 0 unspecified atom stereocenters. The molecule has 1 aromatic heterocycles. The fraction of sp³-hybridized carbons (Fsp3) is 0.360. The minimum atomic E-state index is -0.341. The first-order valence-corrected chi connectivity index (χ1v) is 11.2. The van der Waals surface area contributed by atoms with Crippen LogP contribution in [0.15, 0.2) is 51.7 Å². The van der Waals surface area contributed by atoms with Crippen LogP contribution in [0.5, 0.6) is 0 Å². The number of benzene rings is 2. The number of halogens is 1. The molecule has 1 aliphatic heterocycles. The minimum absolute atomic E-state index is 0.00965. The second-order valence-corrected chi connectivity index (χ2v) is 8.63. The fourth-order valence-electron chi connectivity index (χ4n) is 4.26. The normalized spacial score (nSPS) is 15.3. The average molecular weight is 439 g/mol. The van der Waals surface area contributed by atoms with Crippen LogP contribution < -0.4 is 10.9 Å². The number of aryl methyl sites for hydroxylation is 2. The van der Waals surface area contributed by atoms with Crippen molar-refractivity contribution >= 4 is 28.5 Å². The zero-order chi connectivity index (χ0) is 22.0. The first-order valence-electron chi connectivity index (χ1n) is 10.8. The Bertz CT molecular complexity index is 1160. The number of amides is 1. The van der Waals surface area contributed by atoms with E-state index in [-0.39, 0.29) is 17.6 Å². The highest BCUT2D eigenvalue weighted by atomic mass is 35.5. The second kappa shape index (κ2) is 9.25. The zero-order valence-electron chi connectivity index (χ0n) is 17.9. The third-order valence-electron chi connectivity index (χ3n) is 6.08. The van der Waals surface area contributed by atoms with Crippen molar-refractivity contribution in [1.82, 2.24) is 10.2 Å². The van der Waals surface area contributed by atoms with E-state index >= 15 is 0 Å². The summed E-state index contributed by atoms with van der Waals surface area (Å²) < 4.78 is 5.42. The molecule has 31 heavy (non-hydrogen) atoms. The van der Waals surface area contributed by atoms with Crippen LogP contribution in [0.2, 0.25) is 5.02 Å². The number of hydrogen-bond acceptors (Lipinski definition) is 4. The summed E-state index contributed by atoms with van der Waals surface area (Å²) in [5.74, 6) is -0.00965. The summed E-state index contributed by atoms with van der Waals surface area (Å²) in [4.78, 5) is 27.0. The summed E-state index contributed by atoms with van der Waals surface area (Å²) in [5, 5.41) is 4.75. The highest BCUT2D eigenvalue weighted by Crippen LogP contribution is 2.27. The maximum atomic E-state index is 12.6. The van der Waals surface area contributed by atoms with Crippen LogP contribution in [0.25, 0.3) is 11.0 Å². The first-order chi connectivity index (χ1) is 14.9. The van der Waals surface area contributed by atoms with E-state index in [9.17, 15) is 9.59 Å². The summed E-state index contributed by atoms with van der Waals surface area (Å²) in [6.45, 7) is 6.33. The topological polar surface area (TPSA) is 62.6 Å². The number of likely N-dealkylation sites (tertiary alicyclic amines) is 1. The van der Waals surface area contributed by atoms with E-state index in [4.69, 9.17) is 16.0 Å². The van der Waals surface area contributed by atoms with Crippen LogP contribution in [-0.4, -0.2) is 29.9 Å². The van der Waals surface area contributed by atoms with Gasteiger partial charge in [0.05, 0.1) is 0 Å². The van der Waals surface area contributed by atoms with Crippen molar-refractivity contribution in [3.63, 3.8) is 0 Å². The van der Waals surface area contributed by atoms with E-state index in [0.29, 0.717) is 17.2 Å². The van der Waals surface area contributed by atoms with Crippen molar-refractivity contribution in [2.24, 2.45) is 0 Å². The Labute approximate surface area is 187 Å². The van der Waals surface area contributed by atoms with E-state index in [1.807, 2.05) is 50.2 Å². The lowest BCUT2D eigenvalue weighted by Gasteiger charge is -2.32. The van der Waals surface area contributed by atoms with Crippen molar-refractivity contribution in [1.29, 1.82) is 0 Å². The average Bonchev–Trinajstić information content (AvgIpc) is 2.75. The van der Waals surface area contributed by atoms with Crippen LogP contribution in [-0.2, 0) is 13.0 Å². The molecule has 3 aromatic rings. The molecular weight excluding hydrogens is 412 g/mol. The summed E-state index contributed by atoms with van der Waals surface area (Å²) >= 11 is 6.41. The molecule has 1 saturated heterocycles. The van der Waals surface area contributed by atoms with Gasteiger partial charge in [-0.2, -0.15) is 0 Å². The quantitative estimate of drug-likeness (QED) is 0.586. The Morgan fingerprint density at radius 1 is 1.16 bits per heavy atom. The maximum absolute atomic E-state index is 12.6. The second-order valence-electron chi connectivity index (χ2n) is 8.22. The standard InChI is InChI=1S/C25H27ClN2O3/c1-3-17-12-23-21(14-22(17)26)18(13-24(29)31-23)15-28-10-8-19(9-11-28)27-25(30)20-7-5-4-6-16(20)2/h4-7,12-14,19H,3,8-11,15H2,1-2H3,(H,27,30). The highest BCUT2D eigenvalue weighted by molar-refractivity contribution is 6.32. The number of nitrogens with zero attached hydrogens (tertiary/aromatic N) is 1. The molecular formula is C25H27ClN2O3. The maximum Gasteiger partial charge on any atom is 0.336 e. The SMILES string of the molecule is CCc1cc2oc(=O)cc(CN3CCC(NC(=O)c4ccccc4C)CC3)c2cc1Cl. The third-order valence-corrected chi connectivity index (χ3v) is 6.44. The number of carbonyl (C=O) groups is 1. The number of rotatable bonds is 5. The molecule has 1 amide bonds. The van der Waals surface area contributed by atoms with Crippen molar-refractivity contribution in [3.05, 3.63) is 80.2 Å². The zero-order valence-corrected chi connectivity index (χ0v) is 18.7. The number of hydrogen-bond donors (Lipinski definition) is 1. The van der Waals surface area contributed by atoms with Gasteiger partial charge in [-0.25, -0.2) is 4.79 Å². The number of piperidine rings is 1. The summed E-state index contributed by atoms with van der Waals surface area (Å²) in [7, 11) is 0. The molecule has 6 heteroatoms. The Morgan fingerprint density at radius 2 is 1.90 bits per heavy atom. The van der Waals surface area contributed by atoms with E-state index in [1.54, 1.807) is 6.07 Å². The predicted octanol–water partition coefficient (Wildman–Crippen LogP) is 4.71. The molecule has 1 aliphatic rings. The highest BCUT2D eigenvalue weighted by Gasteiger charge is 2.22. The van der Waals surface area contributed by atoms with E-state index in [2.05, 4.69) is 10.2 Å². The molecule has 0 bridgehead atoms. The molecule has 2 heterocycles. The van der Waals surface area contributed by atoms with E-state index in [0.717, 1.165) is 60.0 Å². The van der Waals surface area contributed by atoms with Gasteiger partial charge < -0.3 is 9.73 Å². The molecule has 5 nitrogen and oxygen atoms in total. The monoisotopic (exact) mass is 438 g/mol. The molecule has 1 fully saturated rings. The van der Waals surface area contributed by atoms with Gasteiger partial charge in [0.15, 0.2) is 0 Å². The van der Waals surface area contributed by atoms with E-state index < -0.39 is 0 Å². The van der Waals surface area contributed by atoms with Gasteiger partial charge in [-0.15, -0.1) is 0 Å². The number of fused-ring (bicyclic) bond motifs is 1. The lowest BCUT2D eigenvalue weighted by molar-refractivity contribution is 0.0908. The van der Waals surface area contributed by atoms with Crippen molar-refractivity contribution in [2.75, 3.05) is 13.1 Å². The lowest BCUT2D eigenvalue weighted by Crippen LogP contribution is -2.44. The van der Waals surface area contributed by atoms with Gasteiger partial charge in [-0.05, 0) is 61.1 Å². The Kier molecular flexibility index (Phi) is 6.44. The van der Waals surface area contributed by atoms with Gasteiger partial charge in [0.1, 0.15) is 5.58 Å². The van der Waals surface area contributed by atoms with Gasteiger partial charge in [-0.3, -0.25) is 9.69 Å². The van der Waals surface area contributed by atoms with Crippen LogP contribution in [0, 0.1) is 6.92 Å². The molecule has 0 saturated carbocycles. The minimum Gasteiger partial charge on any atom is -0.423 e. The summed E-state index contributed by atoms with van der Waals surface area (Å²) in [6.07, 6.45) is 2.53. The van der Waals surface area contributed by atoms with Gasteiger partial charge >= 0.3 is 5.63 Å². The van der Waals surface area contributed by atoms with Crippen molar-refractivity contribution in [3.8, 4) is 0 Å². The molecule has 162 valence electrons. The number of nitrogens with one attached hydrogen (secondary N) is 1. The lowest BCUT2D eigenvalue weighted by atomic mass is 10.0. The van der Waals surface area contributed by atoms with Gasteiger partial charge in [0.2, 0.25) is 0 Å². The van der Waals surface area contributed by atoms with Crippen molar-refractivity contribution in [2.45, 2.75) is 45.7 Å². The van der Waals surface area contributed by atoms with Crippen LogP contribution in [0.3, 0.4) is 0 Å². The fourth-order valence-corrected chi connectivity index (χ4v) is 4.55. The molecule has 0 atom stereocenters. The predicted molar refractivity (Wildman–Crippen MR) is 124 cm³/mol. The molecule has 4 rings (SSSR count). The molecule has 2 aromatic carbocycles. The van der Waals surface area contributed by atoms with Crippen LogP contribution >= 0.6 is 11.6 Å². The Hall–Kier alpha value is -2.63. The van der Waals surface area contributed by atoms with Gasteiger partial charge in [-0.1, -0.05) is 36.7 Å².